The van der Waals surface area contributed by atoms with Gasteiger partial charge in [0.05, 0.1) is 15.6 Å². The quantitative estimate of drug-likeness (QED) is 0.687. The molecule has 6 heteroatoms. The average Bonchev–Trinajstić information content (AvgIpc) is 2.47. The molecule has 0 saturated heterocycles. The highest BCUT2D eigenvalue weighted by Gasteiger charge is 2.13. The van der Waals surface area contributed by atoms with Gasteiger partial charge in [-0.05, 0) is 36.4 Å². The molecule has 0 unspecified atom stereocenters. The fourth-order valence-electron chi connectivity index (χ4n) is 1.60. The van der Waals surface area contributed by atoms with Crippen molar-refractivity contribution in [3.05, 3.63) is 63.6 Å². The van der Waals surface area contributed by atoms with Gasteiger partial charge in [0.2, 0.25) is 0 Å². The van der Waals surface area contributed by atoms with Crippen LogP contribution in [0, 0.1) is 0 Å². The van der Waals surface area contributed by atoms with Gasteiger partial charge in [-0.3, -0.25) is 4.79 Å². The number of rotatable bonds is 4. The molecule has 0 radical (unpaired) electrons. The highest BCUT2D eigenvalue weighted by molar-refractivity contribution is 6.42. The van der Waals surface area contributed by atoms with Crippen LogP contribution in [0.2, 0.25) is 10.0 Å². The van der Waals surface area contributed by atoms with Crippen molar-refractivity contribution in [1.82, 2.24) is 0 Å². The topological polar surface area (TPSA) is 63.6 Å². The first-order valence-corrected chi connectivity index (χ1v) is 6.67. The van der Waals surface area contributed by atoms with E-state index in [1.165, 1.54) is 42.5 Å². The van der Waals surface area contributed by atoms with Crippen LogP contribution < -0.4 is 0 Å². The first-order chi connectivity index (χ1) is 9.97. The Morgan fingerprint density at radius 3 is 2.43 bits per heavy atom. The maximum Gasteiger partial charge on any atom is 0.338 e. The molecular formula is C15H10Cl2O4. The number of carbonyl (C=O) groups is 2. The summed E-state index contributed by atoms with van der Waals surface area (Å²) in [6.45, 7) is -0.424. The van der Waals surface area contributed by atoms with Gasteiger partial charge in [0.15, 0.2) is 12.4 Å². The van der Waals surface area contributed by atoms with Crippen LogP contribution in [0.15, 0.2) is 42.5 Å². The fraction of sp³-hybridized carbons (Fsp3) is 0.0667. The van der Waals surface area contributed by atoms with Crippen molar-refractivity contribution in [3.63, 3.8) is 0 Å². The Kier molecular flexibility index (Phi) is 4.83. The molecule has 0 atom stereocenters. The minimum atomic E-state index is -0.695. The van der Waals surface area contributed by atoms with E-state index in [0.29, 0.717) is 10.6 Å². The SMILES string of the molecule is O=C(COC(=O)c1cccc(O)c1)c1ccc(Cl)c(Cl)c1. The summed E-state index contributed by atoms with van der Waals surface area (Å²) in [5, 5.41) is 9.86. The summed E-state index contributed by atoms with van der Waals surface area (Å²) in [7, 11) is 0. The Bertz CT molecular complexity index is 698. The number of halogens is 2. The number of phenolic OH excluding ortho intramolecular Hbond substituents is 1. The molecule has 0 aliphatic rings. The first-order valence-electron chi connectivity index (χ1n) is 5.92. The van der Waals surface area contributed by atoms with Gasteiger partial charge < -0.3 is 9.84 Å². The molecule has 0 fully saturated rings. The Morgan fingerprint density at radius 1 is 1.00 bits per heavy atom. The predicted octanol–water partition coefficient (Wildman–Crippen LogP) is 3.74. The van der Waals surface area contributed by atoms with E-state index in [4.69, 9.17) is 27.9 Å². The van der Waals surface area contributed by atoms with Gasteiger partial charge in [0, 0.05) is 5.56 Å². The summed E-state index contributed by atoms with van der Waals surface area (Å²) in [6.07, 6.45) is 0. The number of hydrogen-bond donors (Lipinski definition) is 1. The average molecular weight is 325 g/mol. The second kappa shape index (κ2) is 6.61. The second-order valence-electron chi connectivity index (χ2n) is 4.18. The van der Waals surface area contributed by atoms with E-state index in [9.17, 15) is 14.7 Å². The third kappa shape index (κ3) is 3.97. The number of carbonyl (C=O) groups excluding carboxylic acids is 2. The molecule has 108 valence electrons. The molecule has 2 aromatic rings. The molecule has 2 rings (SSSR count). The van der Waals surface area contributed by atoms with Gasteiger partial charge in [-0.25, -0.2) is 4.79 Å². The van der Waals surface area contributed by atoms with E-state index in [2.05, 4.69) is 0 Å². The summed E-state index contributed by atoms with van der Waals surface area (Å²) in [5.41, 5.74) is 0.463. The molecule has 1 N–H and O–H groups in total. The third-order valence-electron chi connectivity index (χ3n) is 2.66. The van der Waals surface area contributed by atoms with Crippen molar-refractivity contribution in [2.24, 2.45) is 0 Å². The van der Waals surface area contributed by atoms with Crippen LogP contribution in [0.1, 0.15) is 20.7 Å². The maximum absolute atomic E-state index is 11.9. The zero-order valence-corrected chi connectivity index (χ0v) is 12.2. The van der Waals surface area contributed by atoms with Crippen LogP contribution in [-0.2, 0) is 4.74 Å². The molecule has 0 aromatic heterocycles. The number of ketones is 1. The Labute approximate surface area is 130 Å². The number of aromatic hydroxyl groups is 1. The van der Waals surface area contributed by atoms with Gasteiger partial charge in [-0.1, -0.05) is 29.3 Å². The number of hydrogen-bond acceptors (Lipinski definition) is 4. The van der Waals surface area contributed by atoms with Crippen molar-refractivity contribution in [2.75, 3.05) is 6.61 Å². The van der Waals surface area contributed by atoms with Crippen molar-refractivity contribution in [2.45, 2.75) is 0 Å². The fourth-order valence-corrected chi connectivity index (χ4v) is 1.90. The molecule has 2 aromatic carbocycles. The number of Topliss-reactive ketones (excluding diaryl/α,β-unsaturated/α-hetero) is 1. The third-order valence-corrected chi connectivity index (χ3v) is 3.40. The molecule has 0 aliphatic carbocycles. The lowest BCUT2D eigenvalue weighted by Gasteiger charge is -2.05. The molecule has 0 bridgehead atoms. The normalized spacial score (nSPS) is 10.2. The van der Waals surface area contributed by atoms with Crippen LogP contribution in [0.4, 0.5) is 0 Å². The second-order valence-corrected chi connectivity index (χ2v) is 4.99. The van der Waals surface area contributed by atoms with Gasteiger partial charge in [0.25, 0.3) is 0 Å². The van der Waals surface area contributed by atoms with E-state index >= 15 is 0 Å². The smallest absolute Gasteiger partial charge is 0.338 e. The minimum absolute atomic E-state index is 0.0553. The molecule has 0 amide bonds. The van der Waals surface area contributed by atoms with E-state index in [0.717, 1.165) is 0 Å². The van der Waals surface area contributed by atoms with Crippen LogP contribution >= 0.6 is 23.2 Å². The summed E-state index contributed by atoms with van der Waals surface area (Å²) in [5.74, 6) is -1.15. The van der Waals surface area contributed by atoms with E-state index in [-0.39, 0.29) is 16.3 Å². The summed E-state index contributed by atoms with van der Waals surface area (Å²) in [4.78, 5) is 23.6. The highest BCUT2D eigenvalue weighted by atomic mass is 35.5. The van der Waals surface area contributed by atoms with Crippen LogP contribution in [0.3, 0.4) is 0 Å². The minimum Gasteiger partial charge on any atom is -0.508 e. The first kappa shape index (κ1) is 15.4. The number of phenols is 1. The van der Waals surface area contributed by atoms with Gasteiger partial charge in [0.1, 0.15) is 5.75 Å². The monoisotopic (exact) mass is 324 g/mol. The van der Waals surface area contributed by atoms with Gasteiger partial charge >= 0.3 is 5.97 Å². The molecule has 0 spiro atoms. The summed E-state index contributed by atoms with van der Waals surface area (Å²) < 4.78 is 4.89. The van der Waals surface area contributed by atoms with Crippen LogP contribution in [0.5, 0.6) is 5.75 Å². The lowest BCUT2D eigenvalue weighted by Crippen LogP contribution is -2.14. The van der Waals surface area contributed by atoms with Crippen molar-refractivity contribution >= 4 is 35.0 Å². The summed E-state index contributed by atoms with van der Waals surface area (Å²) >= 11 is 11.6. The molecular weight excluding hydrogens is 315 g/mol. The zero-order chi connectivity index (χ0) is 15.4. The van der Waals surface area contributed by atoms with E-state index in [1.807, 2.05) is 0 Å². The van der Waals surface area contributed by atoms with E-state index in [1.54, 1.807) is 0 Å². The molecule has 4 nitrogen and oxygen atoms in total. The Hall–Kier alpha value is -2.04. The number of benzene rings is 2. The zero-order valence-electron chi connectivity index (χ0n) is 10.7. The van der Waals surface area contributed by atoms with Gasteiger partial charge in [-0.2, -0.15) is 0 Å². The van der Waals surface area contributed by atoms with Crippen LogP contribution in [0.25, 0.3) is 0 Å². The number of ether oxygens (including phenoxy) is 1. The molecule has 0 aliphatic heterocycles. The lowest BCUT2D eigenvalue weighted by molar-refractivity contribution is 0.0474. The Morgan fingerprint density at radius 2 is 1.76 bits per heavy atom. The summed E-state index contributed by atoms with van der Waals surface area (Å²) in [6, 6.07) is 10.1. The molecule has 21 heavy (non-hydrogen) atoms. The van der Waals surface area contributed by atoms with Crippen molar-refractivity contribution < 1.29 is 19.4 Å². The largest absolute Gasteiger partial charge is 0.508 e. The van der Waals surface area contributed by atoms with Crippen LogP contribution in [-0.4, -0.2) is 23.5 Å². The molecule has 0 saturated carbocycles. The van der Waals surface area contributed by atoms with Gasteiger partial charge in [-0.15, -0.1) is 0 Å². The molecule has 0 heterocycles. The maximum atomic E-state index is 11.9. The van der Waals surface area contributed by atoms with Crippen molar-refractivity contribution in [3.8, 4) is 5.75 Å². The van der Waals surface area contributed by atoms with E-state index < -0.39 is 18.4 Å². The van der Waals surface area contributed by atoms with Crippen molar-refractivity contribution in [1.29, 1.82) is 0 Å². The highest BCUT2D eigenvalue weighted by Crippen LogP contribution is 2.22. The predicted molar refractivity (Wildman–Crippen MR) is 79.2 cm³/mol. The number of esters is 1. The Balaban J connectivity index is 2.00. The standard InChI is InChI=1S/C15H10Cl2O4/c16-12-5-4-9(7-13(12)17)14(19)8-21-15(20)10-2-1-3-11(18)6-10/h1-7,18H,8H2. The lowest BCUT2D eigenvalue weighted by atomic mass is 10.1.